The highest BCUT2D eigenvalue weighted by atomic mass is 32.2. The number of amides is 1. The molecule has 1 aliphatic heterocycles. The SMILES string of the molecule is C[C@H](NS(=O)(=O)c1ccccc1F)C(=O)N1CCN(S(=O)(=O)c2ccccc2F)CC1. The lowest BCUT2D eigenvalue weighted by Crippen LogP contribution is -2.55. The molecule has 1 N–H and O–H groups in total. The van der Waals surface area contributed by atoms with Crippen molar-refractivity contribution >= 4 is 26.0 Å². The van der Waals surface area contributed by atoms with Gasteiger partial charge in [0.1, 0.15) is 21.4 Å². The van der Waals surface area contributed by atoms with Crippen molar-refractivity contribution < 1.29 is 30.4 Å². The molecule has 31 heavy (non-hydrogen) atoms. The second-order valence-corrected chi connectivity index (χ2v) is 10.5. The molecular weight excluding hydrogens is 452 g/mol. The number of carbonyl (C=O) groups is 1. The zero-order chi connectivity index (χ0) is 22.8. The third-order valence-electron chi connectivity index (χ3n) is 4.83. The summed E-state index contributed by atoms with van der Waals surface area (Å²) in [5.41, 5.74) is 0. The van der Waals surface area contributed by atoms with Gasteiger partial charge in [-0.3, -0.25) is 4.79 Å². The van der Waals surface area contributed by atoms with E-state index in [2.05, 4.69) is 4.72 Å². The molecule has 0 aliphatic carbocycles. The van der Waals surface area contributed by atoms with Crippen LogP contribution in [0.4, 0.5) is 8.78 Å². The molecule has 0 bridgehead atoms. The van der Waals surface area contributed by atoms with E-state index in [-0.39, 0.29) is 26.2 Å². The van der Waals surface area contributed by atoms with Crippen LogP contribution < -0.4 is 4.72 Å². The number of sulfonamides is 2. The van der Waals surface area contributed by atoms with Crippen molar-refractivity contribution in [2.24, 2.45) is 0 Å². The van der Waals surface area contributed by atoms with E-state index in [4.69, 9.17) is 0 Å². The molecule has 0 unspecified atom stereocenters. The van der Waals surface area contributed by atoms with Gasteiger partial charge in [0, 0.05) is 26.2 Å². The Hall–Kier alpha value is -2.41. The molecular formula is C19H21F2N3O5S2. The Balaban J connectivity index is 1.65. The summed E-state index contributed by atoms with van der Waals surface area (Å²) in [5.74, 6) is -2.39. The first kappa shape index (κ1) is 23.3. The molecule has 3 rings (SSSR count). The van der Waals surface area contributed by atoms with Crippen LogP contribution in [-0.4, -0.2) is 64.2 Å². The quantitative estimate of drug-likeness (QED) is 0.678. The summed E-state index contributed by atoms with van der Waals surface area (Å²) in [6.07, 6.45) is 0. The van der Waals surface area contributed by atoms with Crippen molar-refractivity contribution in [1.82, 2.24) is 13.9 Å². The minimum Gasteiger partial charge on any atom is -0.339 e. The van der Waals surface area contributed by atoms with Crippen LogP contribution in [0, 0.1) is 11.6 Å². The van der Waals surface area contributed by atoms with Crippen molar-refractivity contribution in [1.29, 1.82) is 0 Å². The van der Waals surface area contributed by atoms with Crippen LogP contribution in [0.2, 0.25) is 0 Å². The number of benzene rings is 2. The average Bonchev–Trinajstić information content (AvgIpc) is 2.73. The first-order chi connectivity index (χ1) is 14.5. The topological polar surface area (TPSA) is 104 Å². The standard InChI is InChI=1S/C19H21F2N3O5S2/c1-14(22-30(26,27)17-8-4-2-6-15(17)20)19(25)23-10-12-24(13-11-23)31(28,29)18-9-5-3-7-16(18)21/h2-9,14,22H,10-13H2,1H3/t14-/m0/s1. The smallest absolute Gasteiger partial charge is 0.246 e. The molecule has 12 heteroatoms. The summed E-state index contributed by atoms with van der Waals surface area (Å²) in [7, 11) is -8.33. The van der Waals surface area contributed by atoms with Gasteiger partial charge in [-0.25, -0.2) is 25.6 Å². The number of halogens is 2. The first-order valence-corrected chi connectivity index (χ1v) is 12.3. The maximum atomic E-state index is 13.9. The fourth-order valence-corrected chi connectivity index (χ4v) is 5.99. The summed E-state index contributed by atoms with van der Waals surface area (Å²) in [4.78, 5) is 12.9. The summed E-state index contributed by atoms with van der Waals surface area (Å²) in [6.45, 7) is 1.17. The van der Waals surface area contributed by atoms with Gasteiger partial charge in [-0.15, -0.1) is 0 Å². The van der Waals surface area contributed by atoms with E-state index in [1.165, 1.54) is 42.2 Å². The number of piperazine rings is 1. The molecule has 1 atom stereocenters. The number of nitrogens with zero attached hydrogens (tertiary/aromatic N) is 2. The fourth-order valence-electron chi connectivity index (χ4n) is 3.23. The highest BCUT2D eigenvalue weighted by molar-refractivity contribution is 7.89. The number of carbonyl (C=O) groups excluding carboxylic acids is 1. The van der Waals surface area contributed by atoms with E-state index in [1.807, 2.05) is 0 Å². The van der Waals surface area contributed by atoms with Gasteiger partial charge in [-0.05, 0) is 31.2 Å². The molecule has 1 heterocycles. The van der Waals surface area contributed by atoms with Crippen LogP contribution in [-0.2, 0) is 24.8 Å². The van der Waals surface area contributed by atoms with Crippen molar-refractivity contribution in [3.63, 3.8) is 0 Å². The second kappa shape index (κ2) is 8.99. The van der Waals surface area contributed by atoms with Crippen molar-refractivity contribution in [3.8, 4) is 0 Å². The van der Waals surface area contributed by atoms with Gasteiger partial charge >= 0.3 is 0 Å². The Morgan fingerprint density at radius 1 is 0.871 bits per heavy atom. The van der Waals surface area contributed by atoms with Crippen molar-refractivity contribution in [2.45, 2.75) is 22.8 Å². The molecule has 1 fully saturated rings. The third-order valence-corrected chi connectivity index (χ3v) is 8.34. The Kier molecular flexibility index (Phi) is 6.74. The van der Waals surface area contributed by atoms with Gasteiger partial charge < -0.3 is 4.90 Å². The lowest BCUT2D eigenvalue weighted by molar-refractivity contribution is -0.133. The predicted octanol–water partition coefficient (Wildman–Crippen LogP) is 1.16. The van der Waals surface area contributed by atoms with Crippen LogP contribution in [0.25, 0.3) is 0 Å². The van der Waals surface area contributed by atoms with E-state index in [9.17, 15) is 30.4 Å². The molecule has 1 aliphatic rings. The second-order valence-electron chi connectivity index (χ2n) is 6.93. The zero-order valence-electron chi connectivity index (χ0n) is 16.5. The Morgan fingerprint density at radius 2 is 1.35 bits per heavy atom. The Morgan fingerprint density at radius 3 is 1.87 bits per heavy atom. The molecule has 168 valence electrons. The van der Waals surface area contributed by atoms with Crippen LogP contribution in [0.5, 0.6) is 0 Å². The monoisotopic (exact) mass is 473 g/mol. The summed E-state index contributed by atoms with van der Waals surface area (Å²) < 4.78 is 81.0. The predicted molar refractivity (Wildman–Crippen MR) is 108 cm³/mol. The molecule has 1 amide bonds. The van der Waals surface area contributed by atoms with Crippen LogP contribution in [0.3, 0.4) is 0 Å². The zero-order valence-corrected chi connectivity index (χ0v) is 18.2. The van der Waals surface area contributed by atoms with Crippen molar-refractivity contribution in [2.75, 3.05) is 26.2 Å². The molecule has 8 nitrogen and oxygen atoms in total. The van der Waals surface area contributed by atoms with Crippen LogP contribution in [0.1, 0.15) is 6.92 Å². The number of nitrogens with one attached hydrogen (secondary N) is 1. The molecule has 0 saturated carbocycles. The highest BCUT2D eigenvalue weighted by Gasteiger charge is 2.34. The Labute approximate surface area is 179 Å². The van der Waals surface area contributed by atoms with Crippen LogP contribution >= 0.6 is 0 Å². The minimum absolute atomic E-state index is 0.00170. The lowest BCUT2D eigenvalue weighted by Gasteiger charge is -2.35. The average molecular weight is 474 g/mol. The normalized spacial score (nSPS) is 16.8. The summed E-state index contributed by atoms with van der Waals surface area (Å²) in [5, 5.41) is 0. The third kappa shape index (κ3) is 4.92. The van der Waals surface area contributed by atoms with E-state index < -0.39 is 53.4 Å². The summed E-state index contributed by atoms with van der Waals surface area (Å²) in [6, 6.07) is 8.61. The van der Waals surface area contributed by atoms with E-state index in [1.54, 1.807) is 0 Å². The largest absolute Gasteiger partial charge is 0.339 e. The Bertz CT molecular complexity index is 1180. The summed E-state index contributed by atoms with van der Waals surface area (Å²) >= 11 is 0. The van der Waals surface area contributed by atoms with Gasteiger partial charge in [0.05, 0.1) is 6.04 Å². The first-order valence-electron chi connectivity index (χ1n) is 9.34. The lowest BCUT2D eigenvalue weighted by atomic mass is 10.2. The molecule has 0 spiro atoms. The molecule has 1 saturated heterocycles. The number of hydrogen-bond donors (Lipinski definition) is 1. The van der Waals surface area contributed by atoms with Gasteiger partial charge in [0.2, 0.25) is 26.0 Å². The van der Waals surface area contributed by atoms with Gasteiger partial charge in [0.25, 0.3) is 0 Å². The molecule has 0 aromatic heterocycles. The maximum Gasteiger partial charge on any atom is 0.246 e. The van der Waals surface area contributed by atoms with Crippen molar-refractivity contribution in [3.05, 3.63) is 60.2 Å². The fraction of sp³-hybridized carbons (Fsp3) is 0.316. The molecule has 2 aromatic carbocycles. The highest BCUT2D eigenvalue weighted by Crippen LogP contribution is 2.21. The van der Waals surface area contributed by atoms with E-state index in [0.29, 0.717) is 0 Å². The van der Waals surface area contributed by atoms with E-state index >= 15 is 0 Å². The van der Waals surface area contributed by atoms with Crippen LogP contribution in [0.15, 0.2) is 58.3 Å². The number of hydrogen-bond acceptors (Lipinski definition) is 5. The molecule has 0 radical (unpaired) electrons. The van der Waals surface area contributed by atoms with Gasteiger partial charge in [-0.2, -0.15) is 9.03 Å². The van der Waals surface area contributed by atoms with E-state index in [0.717, 1.165) is 22.5 Å². The maximum absolute atomic E-state index is 13.9. The molecule has 2 aromatic rings. The van der Waals surface area contributed by atoms with Gasteiger partial charge in [-0.1, -0.05) is 24.3 Å². The number of rotatable bonds is 6. The van der Waals surface area contributed by atoms with Gasteiger partial charge in [0.15, 0.2) is 0 Å². The minimum atomic E-state index is -4.27.